The van der Waals surface area contributed by atoms with Gasteiger partial charge in [0.2, 0.25) is 0 Å². The minimum absolute atomic E-state index is 0.334. The minimum Gasteiger partial charge on any atom is -0.266 e. The molecule has 1 aromatic heterocycles. The smallest absolute Gasteiger partial charge is 0.266 e. The van der Waals surface area contributed by atoms with Gasteiger partial charge in [-0.05, 0) is 28.1 Å². The molecule has 6 heteroatoms. The summed E-state index contributed by atoms with van der Waals surface area (Å²) in [5.74, 6) is -0.138. The number of pyridine rings is 1. The summed E-state index contributed by atoms with van der Waals surface area (Å²) >= 11 is 3.14. The Labute approximate surface area is 97.4 Å². The summed E-state index contributed by atoms with van der Waals surface area (Å²) in [5, 5.41) is 0. The molecule has 1 heterocycles. The van der Waals surface area contributed by atoms with Gasteiger partial charge in [-0.1, -0.05) is 6.92 Å². The quantitative estimate of drug-likeness (QED) is 0.784. The van der Waals surface area contributed by atoms with E-state index in [0.717, 1.165) is 0 Å². The Kier molecular flexibility index (Phi) is 3.98. The molecular weight excluding hydrogens is 280 g/mol. The Morgan fingerprint density at radius 2 is 2.33 bits per heavy atom. The molecule has 1 aromatic rings. The number of carbonyl (C=O) groups is 1. The van der Waals surface area contributed by atoms with E-state index in [2.05, 4.69) is 25.3 Å². The van der Waals surface area contributed by atoms with E-state index in [1.165, 1.54) is 6.26 Å². The van der Waals surface area contributed by atoms with Crippen molar-refractivity contribution >= 4 is 31.6 Å². The first-order valence-corrected chi connectivity index (χ1v) is 7.19. The number of rotatable bonds is 2. The predicted octanol–water partition coefficient (Wildman–Crippen LogP) is 2.10. The Morgan fingerprint density at radius 3 is 2.87 bits per heavy atom. The Morgan fingerprint density at radius 1 is 1.67 bits per heavy atom. The normalized spacial score (nSPS) is 14.3. The fourth-order valence-electron chi connectivity index (χ4n) is 0.835. The van der Waals surface area contributed by atoms with Crippen LogP contribution in [0, 0.1) is 0 Å². The van der Waals surface area contributed by atoms with Crippen LogP contribution in [0.25, 0.3) is 0 Å². The average Bonchev–Trinajstić information content (AvgIpc) is 2.17. The molecule has 1 unspecified atom stereocenters. The first-order chi connectivity index (χ1) is 6.96. The molecule has 4 nitrogen and oxygen atoms in total. The molecular formula is C9H11BrN2O2S. The lowest BCUT2D eigenvalue weighted by Crippen LogP contribution is -2.06. The molecule has 1 amide bonds. The minimum atomic E-state index is -2.41. The largest absolute Gasteiger partial charge is 0.287 e. The van der Waals surface area contributed by atoms with E-state index in [-0.39, 0.29) is 0 Å². The number of aromatic nitrogens is 1. The summed E-state index contributed by atoms with van der Waals surface area (Å²) in [7, 11) is -2.41. The standard InChI is InChI=1S/C9H11BrN2O2S/c1-3-15(2,14)12-9(13)7-5-4-6-11-8(7)10/h4-6H,3H2,1-2H3. The van der Waals surface area contributed by atoms with Crippen molar-refractivity contribution in [2.24, 2.45) is 4.36 Å². The highest BCUT2D eigenvalue weighted by Crippen LogP contribution is 2.14. The van der Waals surface area contributed by atoms with Crippen LogP contribution in [0.2, 0.25) is 0 Å². The van der Waals surface area contributed by atoms with E-state index in [4.69, 9.17) is 0 Å². The first-order valence-electron chi connectivity index (χ1n) is 4.31. The molecule has 1 atom stereocenters. The van der Waals surface area contributed by atoms with Gasteiger partial charge in [0.05, 0.1) is 15.3 Å². The van der Waals surface area contributed by atoms with Gasteiger partial charge in [-0.3, -0.25) is 4.79 Å². The molecule has 0 fully saturated rings. The van der Waals surface area contributed by atoms with Crippen molar-refractivity contribution < 1.29 is 9.00 Å². The third kappa shape index (κ3) is 3.39. The third-order valence-electron chi connectivity index (χ3n) is 1.80. The van der Waals surface area contributed by atoms with Gasteiger partial charge in [0.15, 0.2) is 0 Å². The van der Waals surface area contributed by atoms with Gasteiger partial charge in [-0.15, -0.1) is 0 Å². The Hall–Kier alpha value is -0.750. The summed E-state index contributed by atoms with van der Waals surface area (Å²) in [6, 6.07) is 3.23. The van der Waals surface area contributed by atoms with Crippen molar-refractivity contribution in [3.63, 3.8) is 0 Å². The van der Waals surface area contributed by atoms with Gasteiger partial charge in [0.1, 0.15) is 4.60 Å². The van der Waals surface area contributed by atoms with Gasteiger partial charge >= 0.3 is 0 Å². The maximum atomic E-state index is 11.6. The number of amides is 1. The van der Waals surface area contributed by atoms with Crippen molar-refractivity contribution in [1.82, 2.24) is 4.98 Å². The lowest BCUT2D eigenvalue weighted by Gasteiger charge is -2.00. The van der Waals surface area contributed by atoms with Gasteiger partial charge in [-0.2, -0.15) is 4.36 Å². The molecule has 0 spiro atoms. The van der Waals surface area contributed by atoms with Gasteiger partial charge < -0.3 is 0 Å². The predicted molar refractivity (Wildman–Crippen MR) is 63.3 cm³/mol. The molecule has 0 radical (unpaired) electrons. The Balaban J connectivity index is 3.13. The monoisotopic (exact) mass is 290 g/mol. The van der Waals surface area contributed by atoms with Crippen LogP contribution in [0.1, 0.15) is 17.3 Å². The lowest BCUT2D eigenvalue weighted by atomic mass is 10.3. The van der Waals surface area contributed by atoms with E-state index in [9.17, 15) is 9.00 Å². The van der Waals surface area contributed by atoms with E-state index in [1.54, 1.807) is 25.3 Å². The van der Waals surface area contributed by atoms with Crippen LogP contribution in [0.5, 0.6) is 0 Å². The van der Waals surface area contributed by atoms with Crippen LogP contribution >= 0.6 is 15.9 Å². The highest BCUT2D eigenvalue weighted by atomic mass is 79.9. The van der Waals surface area contributed by atoms with Gasteiger partial charge in [0, 0.05) is 18.2 Å². The summed E-state index contributed by atoms with van der Waals surface area (Å²) in [6.45, 7) is 1.73. The molecule has 1 rings (SSSR count). The van der Waals surface area contributed by atoms with Crippen LogP contribution in [-0.4, -0.2) is 27.1 Å². The third-order valence-corrected chi connectivity index (χ3v) is 4.06. The summed E-state index contributed by atoms with van der Waals surface area (Å²) in [4.78, 5) is 15.5. The lowest BCUT2D eigenvalue weighted by molar-refractivity contribution is 0.100. The Bertz CT molecular complexity index is 493. The van der Waals surface area contributed by atoms with Crippen molar-refractivity contribution in [3.05, 3.63) is 28.5 Å². The molecule has 15 heavy (non-hydrogen) atoms. The fraction of sp³-hybridized carbons (Fsp3) is 0.333. The number of hydrogen-bond donors (Lipinski definition) is 0. The van der Waals surface area contributed by atoms with E-state index >= 15 is 0 Å². The molecule has 0 saturated heterocycles. The molecule has 0 aliphatic rings. The molecule has 0 bridgehead atoms. The molecule has 82 valence electrons. The zero-order valence-corrected chi connectivity index (χ0v) is 10.8. The molecule has 0 N–H and O–H groups in total. The molecule has 0 saturated carbocycles. The maximum Gasteiger partial charge on any atom is 0.287 e. The highest BCUT2D eigenvalue weighted by molar-refractivity contribution is 9.10. The van der Waals surface area contributed by atoms with Crippen LogP contribution in [0.15, 0.2) is 27.3 Å². The van der Waals surface area contributed by atoms with Crippen molar-refractivity contribution in [3.8, 4) is 0 Å². The zero-order chi connectivity index (χ0) is 11.5. The second-order valence-corrected chi connectivity index (χ2v) is 6.42. The first kappa shape index (κ1) is 12.3. The number of nitrogens with zero attached hydrogens (tertiary/aromatic N) is 2. The van der Waals surface area contributed by atoms with Gasteiger partial charge in [-0.25, -0.2) is 9.19 Å². The second kappa shape index (κ2) is 4.85. The number of halogens is 1. The van der Waals surface area contributed by atoms with Crippen LogP contribution in [-0.2, 0) is 9.73 Å². The van der Waals surface area contributed by atoms with E-state index in [0.29, 0.717) is 15.9 Å². The number of hydrogen-bond acceptors (Lipinski definition) is 3. The average molecular weight is 291 g/mol. The molecule has 0 aromatic carbocycles. The second-order valence-electron chi connectivity index (χ2n) is 2.99. The van der Waals surface area contributed by atoms with Crippen molar-refractivity contribution in [1.29, 1.82) is 0 Å². The molecule has 0 aliphatic heterocycles. The maximum absolute atomic E-state index is 11.6. The van der Waals surface area contributed by atoms with Crippen LogP contribution in [0.3, 0.4) is 0 Å². The van der Waals surface area contributed by atoms with Crippen LogP contribution in [0.4, 0.5) is 0 Å². The highest BCUT2D eigenvalue weighted by Gasteiger charge is 2.11. The van der Waals surface area contributed by atoms with Gasteiger partial charge in [0.25, 0.3) is 5.91 Å². The SMILES string of the molecule is CCS(C)(=O)=NC(=O)c1cccnc1Br. The van der Waals surface area contributed by atoms with E-state index < -0.39 is 15.6 Å². The van der Waals surface area contributed by atoms with E-state index in [1.807, 2.05) is 0 Å². The summed E-state index contributed by atoms with van der Waals surface area (Å²) in [5.41, 5.74) is 0.334. The molecule has 0 aliphatic carbocycles. The number of carbonyl (C=O) groups excluding carboxylic acids is 1. The fourth-order valence-corrected chi connectivity index (χ4v) is 1.83. The van der Waals surface area contributed by atoms with Crippen LogP contribution < -0.4 is 0 Å². The summed E-state index contributed by atoms with van der Waals surface area (Å²) in [6.07, 6.45) is 3.03. The summed E-state index contributed by atoms with van der Waals surface area (Å²) < 4.78 is 15.7. The topological polar surface area (TPSA) is 59.4 Å². The van der Waals surface area contributed by atoms with Crippen molar-refractivity contribution in [2.75, 3.05) is 12.0 Å². The van der Waals surface area contributed by atoms with Crippen molar-refractivity contribution in [2.45, 2.75) is 6.92 Å². The zero-order valence-electron chi connectivity index (χ0n) is 8.44.